The molecule has 1 heterocycles. The highest BCUT2D eigenvalue weighted by Gasteiger charge is 2.54. The Morgan fingerprint density at radius 3 is 2.64 bits per heavy atom. The Bertz CT molecular complexity index is 232. The second-order valence-electron chi connectivity index (χ2n) is 4.94. The van der Waals surface area contributed by atoms with E-state index in [2.05, 4.69) is 13.5 Å². The molecule has 0 aromatic heterocycles. The van der Waals surface area contributed by atoms with E-state index >= 15 is 0 Å². The van der Waals surface area contributed by atoms with E-state index in [1.54, 1.807) is 0 Å². The zero-order valence-corrected chi connectivity index (χ0v) is 9.07. The van der Waals surface area contributed by atoms with Gasteiger partial charge in [-0.2, -0.15) is 0 Å². The van der Waals surface area contributed by atoms with E-state index in [1.165, 1.54) is 6.42 Å². The fourth-order valence-corrected chi connectivity index (χ4v) is 3.12. The van der Waals surface area contributed by atoms with Crippen molar-refractivity contribution in [1.29, 1.82) is 0 Å². The third-order valence-electron chi connectivity index (χ3n) is 4.38. The largest absolute Gasteiger partial charge is 0.393 e. The number of rotatable bonds is 3. The molecule has 0 radical (unpaired) electrons. The first-order valence-electron chi connectivity index (χ1n) is 5.53. The molecule has 2 aliphatic rings. The summed E-state index contributed by atoms with van der Waals surface area (Å²) in [6.45, 7) is 8.85. The van der Waals surface area contributed by atoms with Crippen molar-refractivity contribution in [2.24, 2.45) is 17.3 Å². The molecule has 1 aliphatic heterocycles. The normalized spacial score (nSPS) is 48.9. The van der Waals surface area contributed by atoms with E-state index in [0.717, 1.165) is 13.0 Å². The molecule has 1 saturated carbocycles. The first-order valence-corrected chi connectivity index (χ1v) is 5.53. The average Bonchev–Trinajstić information content (AvgIpc) is 2.91. The van der Waals surface area contributed by atoms with E-state index in [4.69, 9.17) is 4.74 Å². The van der Waals surface area contributed by atoms with Gasteiger partial charge >= 0.3 is 0 Å². The Morgan fingerprint density at radius 1 is 1.57 bits per heavy atom. The Kier molecular flexibility index (Phi) is 2.44. The fourth-order valence-electron chi connectivity index (χ4n) is 3.12. The van der Waals surface area contributed by atoms with Crippen molar-refractivity contribution in [2.75, 3.05) is 6.61 Å². The molecule has 5 atom stereocenters. The number of allylic oxidation sites excluding steroid dienone is 1. The molecule has 1 aliphatic carbocycles. The Labute approximate surface area is 86.0 Å². The highest BCUT2D eigenvalue weighted by atomic mass is 16.6. The van der Waals surface area contributed by atoms with Gasteiger partial charge in [0, 0.05) is 5.41 Å². The minimum atomic E-state index is -0.276. The van der Waals surface area contributed by atoms with Gasteiger partial charge in [0.2, 0.25) is 0 Å². The molecule has 0 amide bonds. The van der Waals surface area contributed by atoms with Gasteiger partial charge in [0.1, 0.15) is 0 Å². The van der Waals surface area contributed by atoms with E-state index in [-0.39, 0.29) is 11.5 Å². The van der Waals surface area contributed by atoms with Gasteiger partial charge in [-0.15, -0.1) is 6.58 Å². The van der Waals surface area contributed by atoms with Crippen LogP contribution in [-0.2, 0) is 4.74 Å². The monoisotopic (exact) mass is 196 g/mol. The van der Waals surface area contributed by atoms with Crippen LogP contribution in [-0.4, -0.2) is 23.9 Å². The molecular weight excluding hydrogens is 176 g/mol. The molecular formula is C12H20O2. The molecule has 1 saturated heterocycles. The molecule has 0 aromatic rings. The summed E-state index contributed by atoms with van der Waals surface area (Å²) >= 11 is 0. The Hall–Kier alpha value is -0.340. The summed E-state index contributed by atoms with van der Waals surface area (Å²) in [5, 5.41) is 9.96. The summed E-state index contributed by atoms with van der Waals surface area (Å²) in [7, 11) is 0. The second kappa shape index (κ2) is 3.35. The van der Waals surface area contributed by atoms with Crippen molar-refractivity contribution < 1.29 is 9.84 Å². The smallest absolute Gasteiger partial charge is 0.0844 e. The zero-order chi connectivity index (χ0) is 10.3. The van der Waals surface area contributed by atoms with Crippen molar-refractivity contribution in [3.05, 3.63) is 12.7 Å². The third kappa shape index (κ3) is 1.32. The van der Waals surface area contributed by atoms with Crippen molar-refractivity contribution >= 4 is 0 Å². The lowest BCUT2D eigenvalue weighted by Crippen LogP contribution is -2.40. The molecule has 0 spiro atoms. The van der Waals surface area contributed by atoms with E-state index in [1.807, 2.05) is 13.0 Å². The van der Waals surface area contributed by atoms with Gasteiger partial charge in [-0.25, -0.2) is 0 Å². The number of epoxide rings is 1. The lowest BCUT2D eigenvalue weighted by atomic mass is 9.69. The number of aliphatic hydroxyl groups is 1. The average molecular weight is 196 g/mol. The maximum Gasteiger partial charge on any atom is 0.0844 e. The summed E-state index contributed by atoms with van der Waals surface area (Å²) < 4.78 is 5.39. The molecule has 2 fully saturated rings. The predicted molar refractivity (Wildman–Crippen MR) is 55.9 cm³/mol. The van der Waals surface area contributed by atoms with Crippen molar-refractivity contribution in [2.45, 2.75) is 38.9 Å². The lowest BCUT2D eigenvalue weighted by molar-refractivity contribution is -0.00623. The number of ether oxygens (including phenoxy) is 1. The second-order valence-corrected chi connectivity index (χ2v) is 4.94. The summed E-state index contributed by atoms with van der Waals surface area (Å²) in [5.41, 5.74) is -0.0249. The van der Waals surface area contributed by atoms with Crippen LogP contribution in [0.4, 0.5) is 0 Å². The quantitative estimate of drug-likeness (QED) is 0.553. The summed E-state index contributed by atoms with van der Waals surface area (Å²) in [4.78, 5) is 0. The van der Waals surface area contributed by atoms with Gasteiger partial charge < -0.3 is 9.84 Å². The van der Waals surface area contributed by atoms with Crippen LogP contribution in [0.1, 0.15) is 26.7 Å². The molecule has 2 unspecified atom stereocenters. The van der Waals surface area contributed by atoms with Crippen LogP contribution in [0, 0.1) is 17.3 Å². The molecule has 1 N–H and O–H groups in total. The van der Waals surface area contributed by atoms with Crippen LogP contribution in [0.15, 0.2) is 12.7 Å². The van der Waals surface area contributed by atoms with Crippen molar-refractivity contribution in [3.8, 4) is 0 Å². The molecule has 80 valence electrons. The van der Waals surface area contributed by atoms with Crippen LogP contribution < -0.4 is 0 Å². The van der Waals surface area contributed by atoms with E-state index in [9.17, 15) is 5.11 Å². The summed E-state index contributed by atoms with van der Waals surface area (Å²) in [6.07, 6.45) is 4.45. The summed E-state index contributed by atoms with van der Waals surface area (Å²) in [6, 6.07) is 0. The number of aliphatic hydroxyl groups excluding tert-OH is 1. The number of hydrogen-bond donors (Lipinski definition) is 1. The van der Waals surface area contributed by atoms with Crippen LogP contribution in [0.2, 0.25) is 0 Å². The molecule has 2 heteroatoms. The minimum absolute atomic E-state index is 0.0249. The molecule has 14 heavy (non-hydrogen) atoms. The van der Waals surface area contributed by atoms with Gasteiger partial charge in [-0.1, -0.05) is 13.0 Å². The standard InChI is InChI=1S/C12H20O2/c1-4-9-5-6-10(11-7-14-11)12(9,3)8(2)13/h4,8-11,13H,1,5-7H2,2-3H3/t8?,9-,10?,11-,12+/m0/s1. The first kappa shape index (κ1) is 10.2. The first-order chi connectivity index (χ1) is 6.60. The van der Waals surface area contributed by atoms with Crippen LogP contribution in [0.25, 0.3) is 0 Å². The van der Waals surface area contributed by atoms with E-state index in [0.29, 0.717) is 17.9 Å². The zero-order valence-electron chi connectivity index (χ0n) is 9.07. The van der Waals surface area contributed by atoms with Gasteiger partial charge in [-0.3, -0.25) is 0 Å². The van der Waals surface area contributed by atoms with Crippen LogP contribution in [0.3, 0.4) is 0 Å². The molecule has 2 nitrogen and oxygen atoms in total. The third-order valence-corrected chi connectivity index (χ3v) is 4.38. The fraction of sp³-hybridized carbons (Fsp3) is 0.833. The van der Waals surface area contributed by atoms with E-state index < -0.39 is 0 Å². The van der Waals surface area contributed by atoms with Crippen molar-refractivity contribution in [3.63, 3.8) is 0 Å². The maximum atomic E-state index is 9.96. The highest BCUT2D eigenvalue weighted by Crippen LogP contribution is 2.54. The molecule has 2 rings (SSSR count). The topological polar surface area (TPSA) is 32.8 Å². The minimum Gasteiger partial charge on any atom is -0.393 e. The maximum absolute atomic E-state index is 9.96. The Morgan fingerprint density at radius 2 is 2.21 bits per heavy atom. The lowest BCUT2D eigenvalue weighted by Gasteiger charge is -2.38. The van der Waals surface area contributed by atoms with Gasteiger partial charge in [0.25, 0.3) is 0 Å². The van der Waals surface area contributed by atoms with Gasteiger partial charge in [0.05, 0.1) is 18.8 Å². The Balaban J connectivity index is 2.22. The van der Waals surface area contributed by atoms with Gasteiger partial charge in [-0.05, 0) is 31.6 Å². The predicted octanol–water partition coefficient (Wildman–Crippen LogP) is 1.98. The van der Waals surface area contributed by atoms with Crippen LogP contribution in [0.5, 0.6) is 0 Å². The number of hydrogen-bond acceptors (Lipinski definition) is 2. The molecule has 0 aromatic carbocycles. The van der Waals surface area contributed by atoms with Crippen LogP contribution >= 0.6 is 0 Å². The van der Waals surface area contributed by atoms with Crippen molar-refractivity contribution in [1.82, 2.24) is 0 Å². The highest BCUT2D eigenvalue weighted by molar-refractivity contribution is 5.07. The molecule has 0 bridgehead atoms. The summed E-state index contributed by atoms with van der Waals surface area (Å²) in [5.74, 6) is 0.960. The SMILES string of the molecule is C=C[C@H]1CCC([C@@H]2CO2)[C@]1(C)C(C)O. The van der Waals surface area contributed by atoms with Gasteiger partial charge in [0.15, 0.2) is 0 Å².